The molecule has 0 radical (unpaired) electrons. The molecule has 2 N–H and O–H groups in total. The predicted molar refractivity (Wildman–Crippen MR) is 54.7 cm³/mol. The molecule has 0 unspecified atom stereocenters. The zero-order valence-corrected chi connectivity index (χ0v) is 9.29. The fourth-order valence-corrected chi connectivity index (χ4v) is 1.31. The van der Waals surface area contributed by atoms with E-state index in [1.54, 1.807) is 0 Å². The molecule has 0 saturated heterocycles. The first-order valence-electron chi connectivity index (χ1n) is 3.44. The van der Waals surface area contributed by atoms with Gasteiger partial charge in [-0.25, -0.2) is 8.78 Å². The fraction of sp³-hybridized carbons (Fsp3) is 0.125. The lowest BCUT2D eigenvalue weighted by Crippen LogP contribution is -2.16. The van der Waals surface area contributed by atoms with Crippen LogP contribution in [-0.4, -0.2) is 12.3 Å². The van der Waals surface area contributed by atoms with Crippen LogP contribution in [0, 0.1) is 11.6 Å². The molecule has 0 atom stereocenters. The van der Waals surface area contributed by atoms with Gasteiger partial charge in [0.1, 0.15) is 11.6 Å². The smallest absolute Gasteiger partial charge is 0.182 e. The Morgan fingerprint density at radius 3 is 2.14 bits per heavy atom. The van der Waals surface area contributed by atoms with Gasteiger partial charge in [0.15, 0.2) is 5.78 Å². The normalized spacial score (nSPS) is 9.43. The van der Waals surface area contributed by atoms with Crippen LogP contribution in [-0.2, 0) is 0 Å². The Morgan fingerprint density at radius 2 is 1.79 bits per heavy atom. The largest absolute Gasteiger partial charge is 0.324 e. The molecule has 0 bridgehead atoms. The van der Waals surface area contributed by atoms with Crippen molar-refractivity contribution < 1.29 is 13.6 Å². The molecule has 1 aromatic rings. The number of benzene rings is 1. The van der Waals surface area contributed by atoms with Gasteiger partial charge in [-0.2, -0.15) is 0 Å². The third kappa shape index (κ3) is 2.73. The molecule has 1 rings (SSSR count). The maximum Gasteiger partial charge on any atom is 0.182 e. The first-order chi connectivity index (χ1) is 6.06. The van der Waals surface area contributed by atoms with Crippen molar-refractivity contribution in [1.82, 2.24) is 0 Å². The Hall–Kier alpha value is -0.520. The first kappa shape index (κ1) is 13.5. The highest BCUT2D eigenvalue weighted by Crippen LogP contribution is 2.19. The molecule has 2 nitrogen and oxygen atoms in total. The van der Waals surface area contributed by atoms with Crippen LogP contribution < -0.4 is 5.73 Å². The van der Waals surface area contributed by atoms with Gasteiger partial charge in [-0.1, -0.05) is 15.9 Å². The molecule has 0 aromatic heterocycles. The number of carbonyl (C=O) groups is 1. The second kappa shape index (κ2) is 5.38. The highest BCUT2D eigenvalue weighted by molar-refractivity contribution is 9.10. The number of ketones is 1. The summed E-state index contributed by atoms with van der Waals surface area (Å²) in [4.78, 5) is 10.9. The number of carbonyl (C=O) groups excluding carboxylic acids is 1. The minimum Gasteiger partial charge on any atom is -0.324 e. The standard InChI is InChI=1S/C8H6BrF2NO.ClH/c9-4-1-5(10)8(6(11)2-4)7(13)3-12;/h1-2H,3,12H2;1H. The fourth-order valence-electron chi connectivity index (χ4n) is 0.911. The van der Waals surface area contributed by atoms with Crippen LogP contribution in [0.25, 0.3) is 0 Å². The molecule has 78 valence electrons. The van der Waals surface area contributed by atoms with Gasteiger partial charge in [0.05, 0.1) is 12.1 Å². The van der Waals surface area contributed by atoms with E-state index < -0.39 is 29.5 Å². The van der Waals surface area contributed by atoms with Crippen LogP contribution >= 0.6 is 28.3 Å². The van der Waals surface area contributed by atoms with E-state index in [1.165, 1.54) is 0 Å². The predicted octanol–water partition coefficient (Wildman–Crippen LogP) is 2.29. The summed E-state index contributed by atoms with van der Waals surface area (Å²) < 4.78 is 26.3. The summed E-state index contributed by atoms with van der Waals surface area (Å²) >= 11 is 2.90. The number of rotatable bonds is 2. The highest BCUT2D eigenvalue weighted by Gasteiger charge is 2.16. The minimum atomic E-state index is -0.901. The van der Waals surface area contributed by atoms with Crippen molar-refractivity contribution in [1.29, 1.82) is 0 Å². The maximum absolute atomic E-state index is 13.0. The van der Waals surface area contributed by atoms with E-state index in [1.807, 2.05) is 0 Å². The highest BCUT2D eigenvalue weighted by atomic mass is 79.9. The summed E-state index contributed by atoms with van der Waals surface area (Å²) in [6, 6.07) is 2.04. The summed E-state index contributed by atoms with van der Waals surface area (Å²) in [7, 11) is 0. The Balaban J connectivity index is 0.00000169. The summed E-state index contributed by atoms with van der Waals surface area (Å²) in [5.41, 5.74) is 4.41. The topological polar surface area (TPSA) is 43.1 Å². The van der Waals surface area contributed by atoms with Crippen molar-refractivity contribution in [2.75, 3.05) is 6.54 Å². The maximum atomic E-state index is 13.0. The van der Waals surface area contributed by atoms with Crippen LogP contribution in [0.4, 0.5) is 8.78 Å². The van der Waals surface area contributed by atoms with Gasteiger partial charge in [0.25, 0.3) is 0 Å². The van der Waals surface area contributed by atoms with Gasteiger partial charge >= 0.3 is 0 Å². The molecule has 0 heterocycles. The Labute approximate surface area is 94.0 Å². The van der Waals surface area contributed by atoms with Crippen LogP contribution in [0.2, 0.25) is 0 Å². The molecule has 0 amide bonds. The van der Waals surface area contributed by atoms with E-state index in [2.05, 4.69) is 15.9 Å². The number of halogens is 4. The van der Waals surface area contributed by atoms with Crippen molar-refractivity contribution in [3.8, 4) is 0 Å². The number of hydrogen-bond donors (Lipinski definition) is 1. The van der Waals surface area contributed by atoms with Crippen molar-refractivity contribution in [2.45, 2.75) is 0 Å². The average Bonchev–Trinajstić information content (AvgIpc) is 2.02. The van der Waals surface area contributed by atoms with Gasteiger partial charge in [-0.3, -0.25) is 4.79 Å². The van der Waals surface area contributed by atoms with Crippen LogP contribution in [0.5, 0.6) is 0 Å². The van der Waals surface area contributed by atoms with E-state index in [0.717, 1.165) is 12.1 Å². The van der Waals surface area contributed by atoms with Crippen LogP contribution in [0.3, 0.4) is 0 Å². The molecule has 0 aliphatic carbocycles. The second-order valence-corrected chi connectivity index (χ2v) is 3.29. The van der Waals surface area contributed by atoms with E-state index in [9.17, 15) is 13.6 Å². The lowest BCUT2D eigenvalue weighted by molar-refractivity contribution is 0.0993. The van der Waals surface area contributed by atoms with E-state index in [0.29, 0.717) is 0 Å². The SMILES string of the molecule is Cl.NCC(=O)c1c(F)cc(Br)cc1F. The molecule has 0 saturated carbocycles. The summed E-state index contributed by atoms with van der Waals surface area (Å²) in [5.74, 6) is -2.55. The van der Waals surface area contributed by atoms with Crippen LogP contribution in [0.1, 0.15) is 10.4 Å². The Kier molecular flexibility index (Phi) is 5.18. The van der Waals surface area contributed by atoms with Gasteiger partial charge in [-0.15, -0.1) is 12.4 Å². The summed E-state index contributed by atoms with van der Waals surface area (Å²) in [6.07, 6.45) is 0. The molecule has 0 spiro atoms. The molecule has 0 aliphatic heterocycles. The van der Waals surface area contributed by atoms with Gasteiger partial charge in [0.2, 0.25) is 0 Å². The van der Waals surface area contributed by atoms with Crippen molar-refractivity contribution in [3.63, 3.8) is 0 Å². The van der Waals surface area contributed by atoms with E-state index in [-0.39, 0.29) is 16.9 Å². The molecular formula is C8H7BrClF2NO. The Bertz CT molecular complexity index is 336. The number of hydrogen-bond acceptors (Lipinski definition) is 2. The number of Topliss-reactive ketones (excluding diaryl/α,β-unsaturated/α-hetero) is 1. The van der Waals surface area contributed by atoms with Gasteiger partial charge < -0.3 is 5.73 Å². The van der Waals surface area contributed by atoms with E-state index >= 15 is 0 Å². The van der Waals surface area contributed by atoms with Crippen molar-refractivity contribution in [2.24, 2.45) is 5.73 Å². The molecule has 0 fully saturated rings. The first-order valence-corrected chi connectivity index (χ1v) is 4.23. The number of nitrogens with two attached hydrogens (primary N) is 1. The minimum absolute atomic E-state index is 0. The monoisotopic (exact) mass is 285 g/mol. The molecule has 1 aromatic carbocycles. The zero-order valence-electron chi connectivity index (χ0n) is 6.89. The third-order valence-electron chi connectivity index (χ3n) is 1.47. The van der Waals surface area contributed by atoms with Crippen LogP contribution in [0.15, 0.2) is 16.6 Å². The van der Waals surface area contributed by atoms with Gasteiger partial charge in [-0.05, 0) is 12.1 Å². The van der Waals surface area contributed by atoms with Gasteiger partial charge in [0, 0.05) is 4.47 Å². The quantitative estimate of drug-likeness (QED) is 0.848. The Morgan fingerprint density at radius 1 is 1.36 bits per heavy atom. The van der Waals surface area contributed by atoms with Crippen molar-refractivity contribution in [3.05, 3.63) is 33.8 Å². The lowest BCUT2D eigenvalue weighted by Gasteiger charge is -2.02. The van der Waals surface area contributed by atoms with Crippen molar-refractivity contribution >= 4 is 34.1 Å². The lowest BCUT2D eigenvalue weighted by atomic mass is 10.1. The summed E-state index contributed by atoms with van der Waals surface area (Å²) in [5, 5.41) is 0. The zero-order chi connectivity index (χ0) is 10.0. The summed E-state index contributed by atoms with van der Waals surface area (Å²) in [6.45, 7) is -0.407. The second-order valence-electron chi connectivity index (χ2n) is 2.37. The van der Waals surface area contributed by atoms with E-state index in [4.69, 9.17) is 5.73 Å². The third-order valence-corrected chi connectivity index (χ3v) is 1.93. The molecule has 6 heteroatoms. The molecular weight excluding hydrogens is 279 g/mol. The molecule has 0 aliphatic rings. The molecule has 14 heavy (non-hydrogen) atoms. The average molecular weight is 287 g/mol.